The normalized spacial score (nSPS) is 91.9. The van der Waals surface area contributed by atoms with Crippen LogP contribution in [0.5, 0.6) is 0 Å². The van der Waals surface area contributed by atoms with E-state index in [1.54, 1.807) is 57.8 Å². The minimum atomic E-state index is 0. The van der Waals surface area contributed by atoms with Gasteiger partial charge in [-0.1, -0.05) is 0 Å². The summed E-state index contributed by atoms with van der Waals surface area (Å²) < 4.78 is 0. The van der Waals surface area contributed by atoms with Crippen LogP contribution >= 0.6 is 0 Å². The molecule has 27 aliphatic rings. The first kappa shape index (κ1) is 22.9. The van der Waals surface area contributed by atoms with Crippen LogP contribution in [0.15, 0.2) is 0 Å². The monoisotopic (exact) mass is 670 g/mol. The van der Waals surface area contributed by atoms with E-state index in [0.717, 1.165) is 43.3 Å². The second-order valence-electron chi connectivity index (χ2n) is 22.3. The summed E-state index contributed by atoms with van der Waals surface area (Å²) >= 11 is 0. The Balaban J connectivity index is 0.000000630. The van der Waals surface area contributed by atoms with Gasteiger partial charge in [-0.05, 0) is 227 Å². The molecule has 0 aromatic rings. The molecule has 27 fully saturated rings. The van der Waals surface area contributed by atoms with Gasteiger partial charge in [-0.2, -0.15) is 0 Å². The SMILES string of the molecule is C1C2C[C@@]34C[C@@]56CC7CC8[C@@H]9C%10[C@@H]%11C%12CC%13C[C@@]%14%15C[C@@]%16(C2)C3C2(C5[C@@]9(C7)C[C@]%11(C%13)C2%14)C%102C([C@@H]%12%15)[C@@H]%16C1[C@@H]4C2[C@H]86.[Co].[Mn].[Ni]. The van der Waals surface area contributed by atoms with E-state index >= 15 is 0 Å². The quantitative estimate of drug-likeness (QED) is 0.247. The van der Waals surface area contributed by atoms with Crippen LogP contribution in [-0.2, 0) is 50.3 Å². The van der Waals surface area contributed by atoms with Crippen molar-refractivity contribution in [1.82, 2.24) is 0 Å². The van der Waals surface area contributed by atoms with Gasteiger partial charge in [0.15, 0.2) is 0 Å². The van der Waals surface area contributed by atoms with Crippen LogP contribution in [-0.4, -0.2) is 0 Å². The summed E-state index contributed by atoms with van der Waals surface area (Å²) in [7, 11) is 0. The zero-order valence-corrected chi connectivity index (χ0v) is 27.1. The van der Waals surface area contributed by atoms with Gasteiger partial charge in [-0.15, -0.1) is 0 Å². The maximum absolute atomic E-state index is 1.86. The molecule has 0 aromatic heterocycles. The van der Waals surface area contributed by atoms with Gasteiger partial charge in [0.05, 0.1) is 0 Å². The van der Waals surface area contributed by atoms with Gasteiger partial charge in [0.25, 0.3) is 0 Å². The van der Waals surface area contributed by atoms with Crippen LogP contribution in [0.25, 0.3) is 0 Å². The molecule has 2 radical (unpaired) electrons. The Morgan fingerprint density at radius 1 is 0.366 bits per heavy atom. The van der Waals surface area contributed by atoms with Gasteiger partial charge in [-0.25, -0.2) is 0 Å². The summed E-state index contributed by atoms with van der Waals surface area (Å²) in [6, 6.07) is 0. The maximum atomic E-state index is 1.86. The second-order valence-corrected chi connectivity index (χ2v) is 22.3. The summed E-state index contributed by atoms with van der Waals surface area (Å²) in [5.41, 5.74) is 7.37. The minimum Gasteiger partial charge on any atom is -0.0470 e. The van der Waals surface area contributed by atoms with Crippen LogP contribution in [0.1, 0.15) is 77.0 Å². The molecule has 26 atom stereocenters. The first-order chi connectivity index (χ1) is 18.6. The van der Waals surface area contributed by atoms with Crippen molar-refractivity contribution in [3.05, 3.63) is 0 Å². The van der Waals surface area contributed by atoms with Crippen molar-refractivity contribution in [3.8, 4) is 0 Å². The van der Waals surface area contributed by atoms with Crippen LogP contribution in [0.3, 0.4) is 0 Å². The number of rotatable bonds is 0. The van der Waals surface area contributed by atoms with Crippen molar-refractivity contribution >= 4 is 0 Å². The van der Waals surface area contributed by atoms with E-state index in [0.29, 0.717) is 0 Å². The fourth-order valence-electron chi connectivity index (χ4n) is 29.0. The van der Waals surface area contributed by atoms with Crippen molar-refractivity contribution in [3.63, 3.8) is 0 Å². The van der Waals surface area contributed by atoms with E-state index in [-0.39, 0.29) is 50.3 Å². The van der Waals surface area contributed by atoms with Gasteiger partial charge < -0.3 is 0 Å². The van der Waals surface area contributed by atoms with Gasteiger partial charge in [0.1, 0.15) is 0 Å². The van der Waals surface area contributed by atoms with Crippen molar-refractivity contribution in [1.29, 1.82) is 0 Å². The van der Waals surface area contributed by atoms with Gasteiger partial charge in [0.2, 0.25) is 0 Å². The van der Waals surface area contributed by atoms with E-state index in [1.165, 1.54) is 107 Å². The van der Waals surface area contributed by atoms with E-state index in [2.05, 4.69) is 0 Å². The molecule has 0 nitrogen and oxygen atoms in total. The zero-order chi connectivity index (χ0) is 22.9. The molecule has 27 saturated carbocycles. The Morgan fingerprint density at radius 3 is 0.902 bits per heavy atom. The summed E-state index contributed by atoms with van der Waals surface area (Å²) in [6.45, 7) is 0. The summed E-state index contributed by atoms with van der Waals surface area (Å²) in [6.07, 6.45) is 21.7. The Kier molecular flexibility index (Phi) is 2.86. The predicted molar refractivity (Wildman–Crippen MR) is 138 cm³/mol. The fourth-order valence-corrected chi connectivity index (χ4v) is 29.0. The van der Waals surface area contributed by atoms with E-state index in [9.17, 15) is 0 Å². The summed E-state index contributed by atoms with van der Waals surface area (Å²) in [5, 5.41) is 0. The third-order valence-corrected chi connectivity index (χ3v) is 24.2. The molecule has 3 heteroatoms. The molecule has 14 unspecified atom stereocenters. The van der Waals surface area contributed by atoms with Crippen LogP contribution in [0.2, 0.25) is 0 Å². The van der Waals surface area contributed by atoms with Crippen molar-refractivity contribution in [2.45, 2.75) is 77.0 Å². The first-order valence-corrected chi connectivity index (χ1v) is 18.6. The Hall–Kier alpha value is 1.52. The molecular weight excluding hydrogens is 629 g/mol. The average molecular weight is 671 g/mol. The molecule has 0 amide bonds. The molecule has 26 bridgehead atoms. The van der Waals surface area contributed by atoms with E-state index < -0.39 is 0 Å². The summed E-state index contributed by atoms with van der Waals surface area (Å²) in [4.78, 5) is 0. The Bertz CT molecular complexity index is 1310. The molecule has 0 heterocycles. The molecular formula is C38H42CoMnNi. The zero-order valence-electron chi connectivity index (χ0n) is 23.9. The minimum absolute atomic E-state index is 0. The third kappa shape index (κ3) is 1.26. The average Bonchev–Trinajstić information content (AvgIpc) is 2.83. The van der Waals surface area contributed by atoms with Crippen molar-refractivity contribution < 1.29 is 50.3 Å². The molecule has 0 N–H and O–H groups in total. The van der Waals surface area contributed by atoms with E-state index in [4.69, 9.17) is 0 Å². The molecule has 0 aromatic carbocycles. The molecule has 27 rings (SSSR count). The summed E-state index contributed by atoms with van der Waals surface area (Å²) in [5.74, 6) is 22.9. The molecule has 0 saturated heterocycles. The van der Waals surface area contributed by atoms with Crippen molar-refractivity contribution in [2.24, 2.45) is 150 Å². The fraction of sp³-hybridized carbons (Fsp3) is 1.00. The smallest absolute Gasteiger partial charge is 0 e. The molecule has 27 aliphatic carbocycles. The standard InChI is InChI=1S/C38H42.Co.Mn.Ni/c1-13-4-31-10-33-6-14-2-17-21(33)25-19(31)16(1)20-26-22-18-3-15-7-34(22)11-32(20,5-13)28(31)38-29(33)35(8-14)12-36(9-15,30(34)38)24(18)27(23(17)35)37(25,26)38;;;/h13-30H,1-12H2;;;/t13?,14?,15?,16?,17?,18?,19-,20+,21+,22-,23-,24+,25?,26?,27?,28?,29?,30?,31-,32-,33-,34+,35+,36-,37?,38?;;;/m0.../s1. The third-order valence-electron chi connectivity index (χ3n) is 24.2. The molecule has 0 aliphatic heterocycles. The second kappa shape index (κ2) is 5.11. The molecule has 8 spiro atoms. The van der Waals surface area contributed by atoms with Crippen LogP contribution in [0, 0.1) is 150 Å². The largest absolute Gasteiger partial charge is 0.0470 e. The topological polar surface area (TPSA) is 0 Å². The van der Waals surface area contributed by atoms with Gasteiger partial charge in [-0.3, -0.25) is 0 Å². The van der Waals surface area contributed by atoms with Crippen molar-refractivity contribution in [2.75, 3.05) is 0 Å². The Labute approximate surface area is 275 Å². The maximum Gasteiger partial charge on any atom is 0 e. The Morgan fingerprint density at radius 2 is 0.634 bits per heavy atom. The predicted octanol–water partition coefficient (Wildman–Crippen LogP) is 6.89. The molecule has 220 valence electrons. The van der Waals surface area contributed by atoms with E-state index in [1.807, 2.05) is 19.3 Å². The van der Waals surface area contributed by atoms with Crippen LogP contribution < -0.4 is 0 Å². The van der Waals surface area contributed by atoms with Gasteiger partial charge in [0, 0.05) is 50.3 Å². The first-order valence-electron chi connectivity index (χ1n) is 18.6. The number of hydrogen-bond donors (Lipinski definition) is 0. The van der Waals surface area contributed by atoms with Crippen LogP contribution in [0.4, 0.5) is 0 Å². The molecule has 41 heavy (non-hydrogen) atoms. The van der Waals surface area contributed by atoms with Gasteiger partial charge >= 0.3 is 0 Å². The number of hydrogen-bond acceptors (Lipinski definition) is 0.